The van der Waals surface area contributed by atoms with Crippen LogP contribution in [0.3, 0.4) is 0 Å². The number of benzene rings is 1. The fourth-order valence-corrected chi connectivity index (χ4v) is 5.89. The lowest BCUT2D eigenvalue weighted by molar-refractivity contribution is -0.199. The molecule has 2 aliphatic heterocycles. The van der Waals surface area contributed by atoms with Gasteiger partial charge < -0.3 is 23.5 Å². The van der Waals surface area contributed by atoms with Crippen molar-refractivity contribution in [2.75, 3.05) is 7.11 Å². The number of carbonyl (C=O) groups excluding carboxylic acids is 1. The second-order valence-corrected chi connectivity index (χ2v) is 10.1. The monoisotopic (exact) mass is 412 g/mol. The van der Waals surface area contributed by atoms with Crippen LogP contribution in [0.2, 0.25) is 0 Å². The summed E-state index contributed by atoms with van der Waals surface area (Å²) in [6.07, 6.45) is 4.29. The normalized spacial score (nSPS) is 35.2. The minimum atomic E-state index is -1.05. The number of ether oxygens (including phenoxy) is 3. The van der Waals surface area contributed by atoms with Crippen LogP contribution in [0.4, 0.5) is 0 Å². The van der Waals surface area contributed by atoms with Gasteiger partial charge in [0.2, 0.25) is 5.79 Å². The average molecular weight is 412 g/mol. The Kier molecular flexibility index (Phi) is 4.17. The molecule has 3 saturated carbocycles. The lowest BCUT2D eigenvalue weighted by Crippen LogP contribution is -2.65. The van der Waals surface area contributed by atoms with Crippen LogP contribution < -0.4 is 9.47 Å². The smallest absolute Gasteiger partial charge is 0.486 e. The molecule has 1 aromatic carbocycles. The summed E-state index contributed by atoms with van der Waals surface area (Å²) in [6.45, 7) is 10.3. The van der Waals surface area contributed by atoms with Crippen molar-refractivity contribution in [3.05, 3.63) is 29.2 Å². The summed E-state index contributed by atoms with van der Waals surface area (Å²) in [5.41, 5.74) is 1.11. The minimum absolute atomic E-state index is 0.124. The third-order valence-electron chi connectivity index (χ3n) is 7.66. The van der Waals surface area contributed by atoms with Gasteiger partial charge in [0.1, 0.15) is 17.1 Å². The van der Waals surface area contributed by atoms with Crippen LogP contribution in [0.15, 0.2) is 18.1 Å². The highest BCUT2D eigenvalue weighted by Crippen LogP contribution is 2.65. The molecule has 6 nitrogen and oxygen atoms in total. The van der Waals surface area contributed by atoms with Gasteiger partial charge in [-0.25, -0.2) is 4.79 Å². The molecule has 7 heteroatoms. The van der Waals surface area contributed by atoms with Crippen molar-refractivity contribution in [2.45, 2.75) is 65.0 Å². The van der Waals surface area contributed by atoms with Gasteiger partial charge in [-0.2, -0.15) is 0 Å². The molecular weight excluding hydrogens is 383 g/mol. The molecule has 2 bridgehead atoms. The van der Waals surface area contributed by atoms with E-state index in [9.17, 15) is 4.79 Å². The van der Waals surface area contributed by atoms with Crippen molar-refractivity contribution < 1.29 is 28.3 Å². The third-order valence-corrected chi connectivity index (χ3v) is 7.66. The summed E-state index contributed by atoms with van der Waals surface area (Å²) < 4.78 is 29.4. The highest BCUT2D eigenvalue weighted by atomic mass is 16.7. The van der Waals surface area contributed by atoms with Crippen LogP contribution in [0.25, 0.3) is 6.08 Å². The van der Waals surface area contributed by atoms with Crippen LogP contribution in [0.1, 0.15) is 63.4 Å². The molecule has 30 heavy (non-hydrogen) atoms. The number of carbonyl (C=O) groups is 1. The van der Waals surface area contributed by atoms with Gasteiger partial charge in [0.05, 0.1) is 18.8 Å². The SMILES string of the molecule is COc1ccc(/C=C\B2OC3CC4CC(C4(C)C)[C@@]3(C)O2)c2c1C(=O)OC(C)(C)O2. The maximum atomic E-state index is 12.6. The Balaban J connectivity index is 1.42. The van der Waals surface area contributed by atoms with Gasteiger partial charge in [-0.3, -0.25) is 0 Å². The van der Waals surface area contributed by atoms with E-state index in [4.69, 9.17) is 23.5 Å². The first-order chi connectivity index (χ1) is 14.0. The van der Waals surface area contributed by atoms with E-state index >= 15 is 0 Å². The highest BCUT2D eigenvalue weighted by Gasteiger charge is 2.67. The first kappa shape index (κ1) is 19.9. The number of cyclic esters (lactones) is 1. The first-order valence-electron chi connectivity index (χ1n) is 10.7. The molecule has 0 amide bonds. The number of esters is 1. The zero-order valence-corrected chi connectivity index (χ0v) is 18.5. The first-order valence-corrected chi connectivity index (χ1v) is 10.7. The van der Waals surface area contributed by atoms with Crippen LogP contribution in [0.5, 0.6) is 11.5 Å². The molecule has 0 spiro atoms. The Hall–Kier alpha value is -1.99. The maximum absolute atomic E-state index is 12.6. The molecule has 0 aromatic heterocycles. The second kappa shape index (κ2) is 6.27. The predicted molar refractivity (Wildman–Crippen MR) is 112 cm³/mol. The molecule has 4 fully saturated rings. The largest absolute Gasteiger partial charge is 0.496 e. The standard InChI is InChI=1S/C23H29BO6/c1-21(2)14-11-16(21)23(5)17(12-14)29-24(30-23)10-9-13-7-8-15(26-6)18-19(13)27-22(3,4)28-20(18)25/h7-10,14,16-17H,11-12H2,1-6H3/b10-9-/t14?,16?,17?,23-/m1/s1. The summed E-state index contributed by atoms with van der Waals surface area (Å²) in [6, 6.07) is 3.61. The molecule has 2 heterocycles. The van der Waals surface area contributed by atoms with Gasteiger partial charge in [-0.15, -0.1) is 0 Å². The van der Waals surface area contributed by atoms with Gasteiger partial charge in [0.25, 0.3) is 0 Å². The summed E-state index contributed by atoms with van der Waals surface area (Å²) in [5.74, 6) is 2.51. The van der Waals surface area contributed by atoms with E-state index in [0.717, 1.165) is 12.0 Å². The predicted octanol–water partition coefficient (Wildman–Crippen LogP) is 4.26. The fraction of sp³-hybridized carbons (Fsp3) is 0.609. The van der Waals surface area contributed by atoms with E-state index in [1.165, 1.54) is 13.5 Å². The van der Waals surface area contributed by atoms with E-state index < -0.39 is 18.9 Å². The Morgan fingerprint density at radius 3 is 2.60 bits per heavy atom. The highest BCUT2D eigenvalue weighted by molar-refractivity contribution is 6.52. The van der Waals surface area contributed by atoms with Crippen molar-refractivity contribution in [1.82, 2.24) is 0 Å². The maximum Gasteiger partial charge on any atom is 0.486 e. The minimum Gasteiger partial charge on any atom is -0.496 e. The van der Waals surface area contributed by atoms with Gasteiger partial charge in [0, 0.05) is 19.4 Å². The summed E-state index contributed by atoms with van der Waals surface area (Å²) in [7, 11) is 1.10. The molecule has 3 unspecified atom stereocenters. The van der Waals surface area contributed by atoms with Crippen molar-refractivity contribution in [2.24, 2.45) is 17.3 Å². The third kappa shape index (κ3) is 2.74. The molecule has 4 atom stereocenters. The summed E-state index contributed by atoms with van der Waals surface area (Å²) in [4.78, 5) is 12.6. The van der Waals surface area contributed by atoms with Crippen molar-refractivity contribution in [3.8, 4) is 11.5 Å². The van der Waals surface area contributed by atoms with Crippen molar-refractivity contribution >= 4 is 19.2 Å². The van der Waals surface area contributed by atoms with E-state index in [-0.39, 0.29) is 11.7 Å². The molecule has 1 aromatic rings. The molecule has 5 aliphatic rings. The molecule has 6 rings (SSSR count). The summed E-state index contributed by atoms with van der Waals surface area (Å²) >= 11 is 0. The zero-order valence-electron chi connectivity index (χ0n) is 18.5. The molecule has 0 radical (unpaired) electrons. The zero-order chi connectivity index (χ0) is 21.5. The van der Waals surface area contributed by atoms with Gasteiger partial charge in [0.15, 0.2) is 0 Å². The number of methoxy groups -OCH3 is 1. The van der Waals surface area contributed by atoms with Crippen molar-refractivity contribution in [1.29, 1.82) is 0 Å². The van der Waals surface area contributed by atoms with Gasteiger partial charge >= 0.3 is 13.1 Å². The number of fused-ring (bicyclic) bond motifs is 1. The van der Waals surface area contributed by atoms with Crippen LogP contribution in [0, 0.1) is 17.3 Å². The molecule has 160 valence electrons. The van der Waals surface area contributed by atoms with Crippen LogP contribution >= 0.6 is 0 Å². The van der Waals surface area contributed by atoms with Crippen molar-refractivity contribution in [3.63, 3.8) is 0 Å². The molecular formula is C23H29BO6. The Morgan fingerprint density at radius 1 is 1.13 bits per heavy atom. The summed E-state index contributed by atoms with van der Waals surface area (Å²) in [5, 5.41) is 0. The van der Waals surface area contributed by atoms with E-state index in [0.29, 0.717) is 34.3 Å². The Bertz CT molecular complexity index is 938. The number of hydrogen-bond donors (Lipinski definition) is 0. The van der Waals surface area contributed by atoms with E-state index in [2.05, 4.69) is 20.8 Å². The molecule has 1 saturated heterocycles. The average Bonchev–Trinajstić information content (AvgIpc) is 3.00. The Morgan fingerprint density at radius 2 is 1.90 bits per heavy atom. The van der Waals surface area contributed by atoms with E-state index in [1.54, 1.807) is 19.9 Å². The second-order valence-electron chi connectivity index (χ2n) is 10.1. The molecule has 3 aliphatic carbocycles. The van der Waals surface area contributed by atoms with Gasteiger partial charge in [-0.05, 0) is 49.1 Å². The fourth-order valence-electron chi connectivity index (χ4n) is 5.89. The topological polar surface area (TPSA) is 63.2 Å². The van der Waals surface area contributed by atoms with Gasteiger partial charge in [-0.1, -0.05) is 25.9 Å². The lowest BCUT2D eigenvalue weighted by atomic mass is 9.43. The number of rotatable bonds is 3. The van der Waals surface area contributed by atoms with Crippen LogP contribution in [-0.4, -0.2) is 37.7 Å². The lowest BCUT2D eigenvalue weighted by Gasteiger charge is -2.64. The number of hydrogen-bond acceptors (Lipinski definition) is 6. The Labute approximate surface area is 178 Å². The van der Waals surface area contributed by atoms with E-state index in [1.807, 2.05) is 18.1 Å². The molecule has 0 N–H and O–H groups in total. The quantitative estimate of drug-likeness (QED) is 0.546. The van der Waals surface area contributed by atoms with Crippen LogP contribution in [-0.2, 0) is 14.0 Å².